The van der Waals surface area contributed by atoms with Crippen molar-refractivity contribution in [3.05, 3.63) is 93.2 Å². The van der Waals surface area contributed by atoms with Gasteiger partial charge in [0.25, 0.3) is 5.91 Å². The molecule has 4 aromatic heterocycles. The maximum atomic E-state index is 13.1. The minimum absolute atomic E-state index is 0.0671. The van der Waals surface area contributed by atoms with Crippen molar-refractivity contribution in [3.8, 4) is 21.4 Å². The van der Waals surface area contributed by atoms with Gasteiger partial charge >= 0.3 is 24.3 Å². The Morgan fingerprint density at radius 2 is 1.12 bits per heavy atom. The molecule has 4 heterocycles. The summed E-state index contributed by atoms with van der Waals surface area (Å²) >= 11 is 2.13. The van der Waals surface area contributed by atoms with E-state index in [2.05, 4.69) is 44.7 Å². The number of ether oxygens (including phenoxy) is 2. The molecule has 0 fully saturated rings. The molecule has 0 bridgehead atoms. The highest BCUT2D eigenvalue weighted by Gasteiger charge is 2.37. The van der Waals surface area contributed by atoms with E-state index in [0.29, 0.717) is 33.4 Å². The van der Waals surface area contributed by atoms with Crippen molar-refractivity contribution in [1.29, 1.82) is 0 Å². The number of hydrogen-bond donors (Lipinski definition) is 2. The van der Waals surface area contributed by atoms with Crippen LogP contribution in [0.25, 0.3) is 21.4 Å². The average molecular weight is 769 g/mol. The Labute approximate surface area is 298 Å². The molecule has 52 heavy (non-hydrogen) atoms. The highest BCUT2D eigenvalue weighted by Crippen LogP contribution is 2.37. The Morgan fingerprint density at radius 1 is 0.692 bits per heavy atom. The first-order valence-electron chi connectivity index (χ1n) is 14.5. The van der Waals surface area contributed by atoms with Gasteiger partial charge in [-0.25, -0.2) is 19.6 Å². The Balaban J connectivity index is 0.000000281. The number of rotatable bonds is 8. The Kier molecular flexibility index (Phi) is 12.3. The van der Waals surface area contributed by atoms with E-state index in [9.17, 15) is 40.7 Å². The molecular weight excluding hydrogens is 743 g/mol. The van der Waals surface area contributed by atoms with Crippen LogP contribution in [0.4, 0.5) is 26.3 Å². The van der Waals surface area contributed by atoms with Crippen LogP contribution in [0, 0.1) is 0 Å². The van der Waals surface area contributed by atoms with Crippen LogP contribution in [0.1, 0.15) is 78.1 Å². The summed E-state index contributed by atoms with van der Waals surface area (Å²) in [5, 5.41) is 3.18. The van der Waals surface area contributed by atoms with Gasteiger partial charge in [-0.1, -0.05) is 0 Å². The molecule has 5 rings (SSSR count). The van der Waals surface area contributed by atoms with Crippen molar-refractivity contribution in [3.63, 3.8) is 0 Å². The number of benzene rings is 1. The largest absolute Gasteiger partial charge is 0.465 e. The SMILES string of the molecule is COC(=O)c1cnc(-c2nccnc2[C@@H](C)N)s1.COC(=O)c1cnc(-c2nccnc2[C@@H](C)NC(=O)c2cc(C(F)(F)F)cc(C(F)(F)F)c2)s1. The zero-order valence-corrected chi connectivity index (χ0v) is 28.9. The predicted molar refractivity (Wildman–Crippen MR) is 174 cm³/mol. The number of aromatic nitrogens is 6. The average Bonchev–Trinajstić information content (AvgIpc) is 3.81. The van der Waals surface area contributed by atoms with Crippen molar-refractivity contribution in [2.45, 2.75) is 38.3 Å². The number of halogens is 6. The number of esters is 2. The second-order valence-electron chi connectivity index (χ2n) is 10.4. The lowest BCUT2D eigenvalue weighted by molar-refractivity contribution is -0.143. The summed E-state index contributed by atoms with van der Waals surface area (Å²) in [6.45, 7) is 3.24. The van der Waals surface area contributed by atoms with E-state index in [-0.39, 0.29) is 33.4 Å². The lowest BCUT2D eigenvalue weighted by Gasteiger charge is -2.17. The van der Waals surface area contributed by atoms with Gasteiger partial charge in [-0.15, -0.1) is 22.7 Å². The van der Waals surface area contributed by atoms with Gasteiger partial charge < -0.3 is 20.5 Å². The smallest absolute Gasteiger partial charge is 0.416 e. The van der Waals surface area contributed by atoms with Crippen LogP contribution >= 0.6 is 22.7 Å². The normalized spacial score (nSPS) is 12.6. The van der Waals surface area contributed by atoms with Crippen LogP contribution in [0.15, 0.2) is 55.4 Å². The maximum Gasteiger partial charge on any atom is 0.416 e. The number of nitrogens with two attached hydrogens (primary N) is 1. The van der Waals surface area contributed by atoms with E-state index >= 15 is 0 Å². The van der Waals surface area contributed by atoms with Gasteiger partial charge in [0.05, 0.1) is 55.2 Å². The first kappa shape index (κ1) is 39.4. The number of nitrogens with one attached hydrogen (secondary N) is 1. The Bertz CT molecular complexity index is 2040. The van der Waals surface area contributed by atoms with E-state index in [1.165, 1.54) is 57.3 Å². The van der Waals surface area contributed by atoms with Gasteiger partial charge in [-0.2, -0.15) is 26.3 Å². The lowest BCUT2D eigenvalue weighted by Crippen LogP contribution is -2.28. The molecule has 0 saturated carbocycles. The number of thiazole rings is 2. The van der Waals surface area contributed by atoms with Gasteiger partial charge in [0.2, 0.25) is 0 Å². The van der Waals surface area contributed by atoms with Crippen molar-refractivity contribution in [2.75, 3.05) is 14.2 Å². The van der Waals surface area contributed by atoms with Crippen molar-refractivity contribution in [2.24, 2.45) is 5.73 Å². The molecule has 1 amide bonds. The van der Waals surface area contributed by atoms with E-state index in [4.69, 9.17) is 5.73 Å². The number of hydrogen-bond acceptors (Lipinski definition) is 14. The monoisotopic (exact) mass is 768 g/mol. The number of carbonyl (C=O) groups is 3. The maximum absolute atomic E-state index is 13.1. The molecule has 274 valence electrons. The van der Waals surface area contributed by atoms with E-state index in [1.807, 2.05) is 6.92 Å². The number of carbonyl (C=O) groups excluding carboxylic acids is 3. The van der Waals surface area contributed by atoms with Crippen LogP contribution in [-0.2, 0) is 21.8 Å². The van der Waals surface area contributed by atoms with Gasteiger partial charge in [-0.05, 0) is 32.0 Å². The Morgan fingerprint density at radius 3 is 1.54 bits per heavy atom. The summed E-state index contributed by atoms with van der Waals surface area (Å²) in [7, 11) is 2.52. The van der Waals surface area contributed by atoms with Crippen LogP contribution in [0.5, 0.6) is 0 Å². The zero-order valence-electron chi connectivity index (χ0n) is 27.2. The molecular formula is C31H26F6N8O5S2. The fraction of sp³-hybridized carbons (Fsp3) is 0.258. The molecule has 1 aromatic carbocycles. The standard InChI is InChI=1S/C20H14F6N4O3S.C11H12N4O2S/c1-9(14-15(28-4-3-27-14)17-29-8-13(34-17)18(32)33-2)30-16(31)10-5-11(19(21,22)23)7-12(6-10)20(24,25)26;1-6(12)8-9(14-4-3-13-8)10-15-5-7(18-10)11(16)17-2/h3-9H,1-2H3,(H,30,31);3-6H,12H2,1-2H3/t9-;6-/m11/s1. The molecule has 0 radical (unpaired) electrons. The molecule has 0 aliphatic heterocycles. The lowest BCUT2D eigenvalue weighted by atomic mass is 10.0. The second-order valence-corrected chi connectivity index (χ2v) is 12.5. The fourth-order valence-electron chi connectivity index (χ4n) is 4.27. The van der Waals surface area contributed by atoms with E-state index in [1.54, 1.807) is 12.4 Å². The molecule has 0 aliphatic carbocycles. The number of methoxy groups -OCH3 is 2. The molecule has 0 aliphatic rings. The Hall–Kier alpha value is -5.41. The molecule has 0 spiro atoms. The van der Waals surface area contributed by atoms with Gasteiger partial charge in [0, 0.05) is 36.4 Å². The summed E-state index contributed by atoms with van der Waals surface area (Å²) < 4.78 is 87.8. The molecule has 3 N–H and O–H groups in total. The molecule has 2 atom stereocenters. The topological polar surface area (TPSA) is 185 Å². The number of amides is 1. The number of alkyl halides is 6. The van der Waals surface area contributed by atoms with Crippen LogP contribution in [0.3, 0.4) is 0 Å². The quantitative estimate of drug-likeness (QED) is 0.132. The molecule has 0 unspecified atom stereocenters. The molecule has 21 heteroatoms. The molecule has 13 nitrogen and oxygen atoms in total. The fourth-order valence-corrected chi connectivity index (χ4v) is 5.95. The summed E-state index contributed by atoms with van der Waals surface area (Å²) in [5.74, 6) is -2.24. The third-order valence-electron chi connectivity index (χ3n) is 6.68. The van der Waals surface area contributed by atoms with Crippen LogP contribution in [-0.4, -0.2) is 62.0 Å². The van der Waals surface area contributed by atoms with E-state index < -0.39 is 52.9 Å². The first-order valence-corrected chi connectivity index (χ1v) is 16.1. The summed E-state index contributed by atoms with van der Waals surface area (Å²) in [4.78, 5) is 61.1. The third-order valence-corrected chi connectivity index (χ3v) is 8.65. The first-order chi connectivity index (χ1) is 24.4. The van der Waals surface area contributed by atoms with Crippen molar-refractivity contribution < 1.29 is 50.2 Å². The van der Waals surface area contributed by atoms with Crippen LogP contribution < -0.4 is 11.1 Å². The van der Waals surface area contributed by atoms with Crippen molar-refractivity contribution >= 4 is 40.5 Å². The number of nitrogens with zero attached hydrogens (tertiary/aromatic N) is 6. The summed E-state index contributed by atoms with van der Waals surface area (Å²) in [6, 6.07) is -0.649. The predicted octanol–water partition coefficient (Wildman–Crippen LogP) is 6.32. The van der Waals surface area contributed by atoms with Gasteiger partial charge in [-0.3, -0.25) is 24.7 Å². The van der Waals surface area contributed by atoms with Crippen molar-refractivity contribution in [1.82, 2.24) is 35.2 Å². The third kappa shape index (κ3) is 9.47. The highest BCUT2D eigenvalue weighted by molar-refractivity contribution is 7.17. The van der Waals surface area contributed by atoms with Crippen LogP contribution in [0.2, 0.25) is 0 Å². The van der Waals surface area contributed by atoms with E-state index in [0.717, 1.165) is 11.3 Å². The van der Waals surface area contributed by atoms with Gasteiger partial charge in [0.15, 0.2) is 0 Å². The van der Waals surface area contributed by atoms with Gasteiger partial charge in [0.1, 0.15) is 31.2 Å². The minimum Gasteiger partial charge on any atom is -0.465 e. The molecule has 0 saturated heterocycles. The summed E-state index contributed by atoms with van der Waals surface area (Å²) in [6.07, 6.45) is -1.74. The minimum atomic E-state index is -5.10. The highest BCUT2D eigenvalue weighted by atomic mass is 32.1. The second kappa shape index (κ2) is 16.3. The molecule has 5 aromatic rings. The zero-order chi connectivity index (χ0) is 38.4. The summed E-state index contributed by atoms with van der Waals surface area (Å²) in [5.41, 5.74) is 3.32.